The van der Waals surface area contributed by atoms with Gasteiger partial charge in [0, 0.05) is 31.6 Å². The first kappa shape index (κ1) is 21.4. The first-order valence-corrected chi connectivity index (χ1v) is 9.10. The minimum absolute atomic E-state index is 0.0791. The highest BCUT2D eigenvalue weighted by molar-refractivity contribution is 5.79. The molecule has 0 saturated carbocycles. The molecule has 7 heteroatoms. The van der Waals surface area contributed by atoms with E-state index in [9.17, 15) is 14.4 Å². The lowest BCUT2D eigenvalue weighted by Gasteiger charge is -2.34. The first-order valence-electron chi connectivity index (χ1n) is 9.10. The van der Waals surface area contributed by atoms with Gasteiger partial charge in [-0.05, 0) is 40.0 Å². The molecule has 0 unspecified atom stereocenters. The van der Waals surface area contributed by atoms with Crippen molar-refractivity contribution in [2.24, 2.45) is 0 Å². The highest BCUT2D eigenvalue weighted by Gasteiger charge is 2.26. The summed E-state index contributed by atoms with van der Waals surface area (Å²) in [6.45, 7) is 8.11. The molecular formula is C18H33N3O4. The Balaban J connectivity index is 2.34. The van der Waals surface area contributed by atoms with Gasteiger partial charge < -0.3 is 15.0 Å². The van der Waals surface area contributed by atoms with Crippen LogP contribution in [0.5, 0.6) is 0 Å². The van der Waals surface area contributed by atoms with Crippen LogP contribution in [0, 0.1) is 0 Å². The van der Waals surface area contributed by atoms with E-state index in [0.717, 1.165) is 32.2 Å². The number of ether oxygens (including phenoxy) is 1. The van der Waals surface area contributed by atoms with Crippen LogP contribution in [0.3, 0.4) is 0 Å². The monoisotopic (exact) mass is 355 g/mol. The van der Waals surface area contributed by atoms with Gasteiger partial charge >= 0.3 is 5.97 Å². The lowest BCUT2D eigenvalue weighted by molar-refractivity contribution is -0.144. The van der Waals surface area contributed by atoms with Crippen molar-refractivity contribution >= 4 is 17.8 Å². The average molecular weight is 355 g/mol. The minimum atomic E-state index is -0.359. The van der Waals surface area contributed by atoms with Crippen LogP contribution >= 0.6 is 0 Å². The average Bonchev–Trinajstić information content (AvgIpc) is 2.74. The lowest BCUT2D eigenvalue weighted by Crippen LogP contribution is -2.49. The summed E-state index contributed by atoms with van der Waals surface area (Å²) in [6.07, 6.45) is 4.54. The van der Waals surface area contributed by atoms with E-state index < -0.39 is 0 Å². The Hall–Kier alpha value is -1.63. The van der Waals surface area contributed by atoms with Crippen molar-refractivity contribution in [1.29, 1.82) is 0 Å². The molecule has 7 nitrogen and oxygen atoms in total. The van der Waals surface area contributed by atoms with Crippen LogP contribution in [0.1, 0.15) is 52.9 Å². The molecule has 0 aromatic rings. The zero-order chi connectivity index (χ0) is 18.9. The van der Waals surface area contributed by atoms with Gasteiger partial charge in [-0.1, -0.05) is 6.42 Å². The summed E-state index contributed by atoms with van der Waals surface area (Å²) in [5, 5.41) is 2.88. The Morgan fingerprint density at radius 3 is 2.56 bits per heavy atom. The van der Waals surface area contributed by atoms with Crippen molar-refractivity contribution in [3.8, 4) is 0 Å². The third-order valence-corrected chi connectivity index (χ3v) is 4.43. The molecule has 1 aliphatic heterocycles. The number of methoxy groups -OCH3 is 1. The largest absolute Gasteiger partial charge is 0.468 e. The number of carbonyl (C=O) groups excluding carboxylic acids is 3. The van der Waals surface area contributed by atoms with E-state index in [0.29, 0.717) is 19.5 Å². The number of nitrogens with zero attached hydrogens (tertiary/aromatic N) is 2. The predicted octanol–water partition coefficient (Wildman–Crippen LogP) is 1.17. The maximum Gasteiger partial charge on any atom is 0.319 e. The molecule has 0 spiro atoms. The highest BCUT2D eigenvalue weighted by Crippen LogP contribution is 2.13. The van der Waals surface area contributed by atoms with Crippen molar-refractivity contribution in [2.75, 3.05) is 39.8 Å². The third-order valence-electron chi connectivity index (χ3n) is 4.43. The molecule has 1 N–H and O–H groups in total. The Kier molecular flexibility index (Phi) is 8.89. The van der Waals surface area contributed by atoms with Gasteiger partial charge in [-0.3, -0.25) is 19.3 Å². The molecule has 0 atom stereocenters. The van der Waals surface area contributed by atoms with Crippen LogP contribution in [0.25, 0.3) is 0 Å². The summed E-state index contributed by atoms with van der Waals surface area (Å²) in [7, 11) is 1.34. The molecule has 0 aromatic heterocycles. The van der Waals surface area contributed by atoms with E-state index in [1.807, 2.05) is 25.7 Å². The van der Waals surface area contributed by atoms with Crippen LogP contribution in [-0.2, 0) is 19.1 Å². The van der Waals surface area contributed by atoms with Crippen LogP contribution < -0.4 is 5.32 Å². The molecule has 0 aromatic carbocycles. The number of amides is 2. The fourth-order valence-electron chi connectivity index (χ4n) is 2.75. The van der Waals surface area contributed by atoms with E-state index in [4.69, 9.17) is 4.74 Å². The van der Waals surface area contributed by atoms with Gasteiger partial charge in [-0.2, -0.15) is 0 Å². The Morgan fingerprint density at radius 1 is 1.20 bits per heavy atom. The van der Waals surface area contributed by atoms with Crippen molar-refractivity contribution < 1.29 is 19.1 Å². The van der Waals surface area contributed by atoms with E-state index in [1.54, 1.807) is 4.90 Å². The molecule has 0 bridgehead atoms. The van der Waals surface area contributed by atoms with Crippen LogP contribution in [-0.4, -0.2) is 73.0 Å². The molecule has 1 heterocycles. The van der Waals surface area contributed by atoms with Crippen molar-refractivity contribution in [2.45, 2.75) is 58.4 Å². The van der Waals surface area contributed by atoms with Crippen LogP contribution in [0.2, 0.25) is 0 Å². The number of esters is 1. The SMILES string of the molecule is COC(=O)CN(CC(=O)NCCCN1CCCCCC1=O)C(C)(C)C. The van der Waals surface area contributed by atoms with Gasteiger partial charge in [0.05, 0.1) is 20.2 Å². The fourth-order valence-corrected chi connectivity index (χ4v) is 2.75. The van der Waals surface area contributed by atoms with Gasteiger partial charge in [0.15, 0.2) is 0 Å². The summed E-state index contributed by atoms with van der Waals surface area (Å²) in [6, 6.07) is 0. The summed E-state index contributed by atoms with van der Waals surface area (Å²) < 4.78 is 4.69. The number of nitrogens with one attached hydrogen (secondary N) is 1. The second-order valence-electron chi connectivity index (χ2n) is 7.50. The van der Waals surface area contributed by atoms with Crippen LogP contribution in [0.15, 0.2) is 0 Å². The maximum atomic E-state index is 12.2. The van der Waals surface area contributed by atoms with Gasteiger partial charge in [0.2, 0.25) is 11.8 Å². The fraction of sp³-hybridized carbons (Fsp3) is 0.833. The predicted molar refractivity (Wildman–Crippen MR) is 96.0 cm³/mol. The number of hydrogen-bond donors (Lipinski definition) is 1. The lowest BCUT2D eigenvalue weighted by atomic mass is 10.1. The van der Waals surface area contributed by atoms with E-state index in [-0.39, 0.29) is 36.4 Å². The van der Waals surface area contributed by atoms with Gasteiger partial charge in [-0.25, -0.2) is 0 Å². The molecule has 1 fully saturated rings. The second-order valence-corrected chi connectivity index (χ2v) is 7.50. The van der Waals surface area contributed by atoms with Gasteiger partial charge in [-0.15, -0.1) is 0 Å². The molecular weight excluding hydrogens is 322 g/mol. The topological polar surface area (TPSA) is 79.0 Å². The summed E-state index contributed by atoms with van der Waals surface area (Å²) >= 11 is 0. The summed E-state index contributed by atoms with van der Waals surface area (Å²) in [4.78, 5) is 39.3. The molecule has 1 saturated heterocycles. The van der Waals surface area contributed by atoms with Crippen LogP contribution in [0.4, 0.5) is 0 Å². The molecule has 1 rings (SSSR count). The summed E-state index contributed by atoms with van der Waals surface area (Å²) in [5.41, 5.74) is -0.315. The van der Waals surface area contributed by atoms with E-state index in [2.05, 4.69) is 5.32 Å². The Labute approximate surface area is 151 Å². The molecule has 25 heavy (non-hydrogen) atoms. The van der Waals surface area contributed by atoms with Crippen molar-refractivity contribution in [1.82, 2.24) is 15.1 Å². The number of rotatable bonds is 8. The normalized spacial score (nSPS) is 15.9. The maximum absolute atomic E-state index is 12.2. The third kappa shape index (κ3) is 8.34. The van der Waals surface area contributed by atoms with Gasteiger partial charge in [0.1, 0.15) is 0 Å². The molecule has 144 valence electrons. The molecule has 2 amide bonds. The quantitative estimate of drug-likeness (QED) is 0.522. The molecule has 0 aliphatic carbocycles. The van der Waals surface area contributed by atoms with E-state index >= 15 is 0 Å². The number of hydrogen-bond acceptors (Lipinski definition) is 5. The molecule has 1 aliphatic rings. The molecule has 0 radical (unpaired) electrons. The van der Waals surface area contributed by atoms with E-state index in [1.165, 1.54) is 7.11 Å². The zero-order valence-electron chi connectivity index (χ0n) is 16.1. The van der Waals surface area contributed by atoms with Gasteiger partial charge in [0.25, 0.3) is 0 Å². The number of carbonyl (C=O) groups is 3. The zero-order valence-corrected chi connectivity index (χ0v) is 16.1. The Bertz CT molecular complexity index is 460. The second kappa shape index (κ2) is 10.4. The minimum Gasteiger partial charge on any atom is -0.468 e. The smallest absolute Gasteiger partial charge is 0.319 e. The Morgan fingerprint density at radius 2 is 1.92 bits per heavy atom. The standard InChI is InChI=1S/C18H33N3O4/c1-18(2,3)21(14-17(24)25-4)13-15(22)19-10-8-12-20-11-7-5-6-9-16(20)23/h5-14H2,1-4H3,(H,19,22). The van der Waals surface area contributed by atoms with Crippen molar-refractivity contribution in [3.05, 3.63) is 0 Å². The summed E-state index contributed by atoms with van der Waals surface area (Å²) in [5.74, 6) is -0.260. The number of likely N-dealkylation sites (tertiary alicyclic amines) is 1. The first-order chi connectivity index (χ1) is 11.7. The highest BCUT2D eigenvalue weighted by atomic mass is 16.5. The van der Waals surface area contributed by atoms with Crippen molar-refractivity contribution in [3.63, 3.8) is 0 Å².